The van der Waals surface area contributed by atoms with Crippen molar-refractivity contribution in [2.24, 2.45) is 0 Å². The third kappa shape index (κ3) is 3.81. The molecule has 0 atom stereocenters. The molecule has 0 amide bonds. The van der Waals surface area contributed by atoms with Crippen molar-refractivity contribution in [3.8, 4) is 11.1 Å². The van der Waals surface area contributed by atoms with Crippen LogP contribution in [-0.4, -0.2) is 35.5 Å². The number of benzene rings is 2. The Morgan fingerprint density at radius 2 is 1.67 bits per heavy atom. The standard InChI is InChI=1S/C16H15O3P.Na.H/c1-10-9-11(2)15(16(17)19-20-18)12(3)14(10)13-7-5-4-6-8-13;;/h4-9H,1-3H3;;. The molecule has 0 aliphatic rings. The molecule has 0 aliphatic carbocycles. The van der Waals surface area contributed by atoms with E-state index >= 15 is 0 Å². The van der Waals surface area contributed by atoms with E-state index in [-0.39, 0.29) is 29.6 Å². The zero-order valence-corrected chi connectivity index (χ0v) is 12.5. The molecule has 5 heteroatoms. The fourth-order valence-corrected chi connectivity index (χ4v) is 2.79. The van der Waals surface area contributed by atoms with Crippen LogP contribution in [0.15, 0.2) is 36.4 Å². The molecule has 2 aromatic rings. The Labute approximate surface area is 148 Å². The third-order valence-electron chi connectivity index (χ3n) is 3.36. The normalized spacial score (nSPS) is 10.0. The molecule has 0 fully saturated rings. The van der Waals surface area contributed by atoms with Crippen molar-refractivity contribution in [2.45, 2.75) is 20.8 Å². The fraction of sp³-hybridized carbons (Fsp3) is 0.188. The molecule has 0 spiro atoms. The molecule has 0 saturated heterocycles. The second-order valence-electron chi connectivity index (χ2n) is 4.70. The van der Waals surface area contributed by atoms with Gasteiger partial charge in [0.2, 0.25) is 0 Å². The summed E-state index contributed by atoms with van der Waals surface area (Å²) >= 11 is 0. The Morgan fingerprint density at radius 3 is 2.24 bits per heavy atom. The molecule has 2 aromatic carbocycles. The Bertz CT molecular complexity index is 669. The number of carbonyl (C=O) groups is 1. The van der Waals surface area contributed by atoms with Crippen molar-refractivity contribution in [3.63, 3.8) is 0 Å². The van der Waals surface area contributed by atoms with Crippen LogP contribution in [0.3, 0.4) is 0 Å². The van der Waals surface area contributed by atoms with Gasteiger partial charge in [-0.25, -0.2) is 9.36 Å². The average molecular weight is 310 g/mol. The van der Waals surface area contributed by atoms with Gasteiger partial charge in [0.05, 0.1) is 5.56 Å². The van der Waals surface area contributed by atoms with Crippen molar-refractivity contribution < 1.29 is 13.9 Å². The Kier molecular flexibility index (Phi) is 6.76. The number of carbonyl (C=O) groups excluding carboxylic acids is 1. The van der Waals surface area contributed by atoms with Crippen LogP contribution in [0.2, 0.25) is 0 Å². The zero-order chi connectivity index (χ0) is 14.7. The quantitative estimate of drug-likeness (QED) is 0.636. The van der Waals surface area contributed by atoms with E-state index in [1.807, 2.05) is 57.2 Å². The molecule has 0 N–H and O–H groups in total. The predicted molar refractivity (Wildman–Crippen MR) is 86.3 cm³/mol. The number of hydrogen-bond donors (Lipinski definition) is 0. The first-order valence-electron chi connectivity index (χ1n) is 6.26. The molecule has 0 saturated carbocycles. The molecule has 0 heterocycles. The first-order valence-corrected chi connectivity index (χ1v) is 6.99. The minimum atomic E-state index is -0.627. The molecule has 0 aromatic heterocycles. The van der Waals surface area contributed by atoms with Crippen LogP contribution in [0.4, 0.5) is 0 Å². The summed E-state index contributed by atoms with van der Waals surface area (Å²) in [5.41, 5.74) is 5.33. The Morgan fingerprint density at radius 1 is 1.05 bits per heavy atom. The van der Waals surface area contributed by atoms with E-state index < -0.39 is 14.7 Å². The van der Waals surface area contributed by atoms with Crippen LogP contribution in [0, 0.1) is 20.8 Å². The summed E-state index contributed by atoms with van der Waals surface area (Å²) in [6.45, 7) is 5.76. The molecule has 0 radical (unpaired) electrons. The maximum atomic E-state index is 12.0. The molecule has 2 rings (SSSR count). The maximum absolute atomic E-state index is 12.0. The van der Waals surface area contributed by atoms with E-state index in [0.717, 1.165) is 27.8 Å². The van der Waals surface area contributed by atoms with Gasteiger partial charge in [0.1, 0.15) is 0 Å². The first kappa shape index (κ1) is 18.1. The molecule has 0 unspecified atom stereocenters. The molecule has 104 valence electrons. The van der Waals surface area contributed by atoms with E-state index in [4.69, 9.17) is 0 Å². The van der Waals surface area contributed by atoms with Gasteiger partial charge < -0.3 is 4.52 Å². The van der Waals surface area contributed by atoms with E-state index in [2.05, 4.69) is 4.52 Å². The number of rotatable bonds is 3. The topological polar surface area (TPSA) is 43.4 Å². The fourth-order valence-electron chi connectivity index (χ4n) is 2.63. The van der Waals surface area contributed by atoms with Crippen LogP contribution in [0.5, 0.6) is 0 Å². The van der Waals surface area contributed by atoms with Crippen LogP contribution < -0.4 is 0 Å². The summed E-state index contributed by atoms with van der Waals surface area (Å²) in [6.07, 6.45) is 0. The molecule has 3 nitrogen and oxygen atoms in total. The van der Waals surface area contributed by atoms with Crippen LogP contribution >= 0.6 is 8.69 Å². The van der Waals surface area contributed by atoms with Gasteiger partial charge in [-0.3, -0.25) is 0 Å². The van der Waals surface area contributed by atoms with E-state index in [1.54, 1.807) is 0 Å². The Balaban J connectivity index is 0.00000220. The predicted octanol–water partition coefficient (Wildman–Crippen LogP) is 3.99. The van der Waals surface area contributed by atoms with Crippen molar-refractivity contribution in [1.82, 2.24) is 0 Å². The van der Waals surface area contributed by atoms with Gasteiger partial charge in [-0.2, -0.15) is 0 Å². The van der Waals surface area contributed by atoms with Crippen molar-refractivity contribution in [3.05, 3.63) is 58.7 Å². The molecule has 0 aliphatic heterocycles. The first-order chi connectivity index (χ1) is 9.56. The van der Waals surface area contributed by atoms with Crippen LogP contribution in [0.1, 0.15) is 27.0 Å². The third-order valence-corrected chi connectivity index (χ3v) is 3.60. The van der Waals surface area contributed by atoms with Gasteiger partial charge in [-0.1, -0.05) is 36.4 Å². The average Bonchev–Trinajstić information content (AvgIpc) is 2.39. The van der Waals surface area contributed by atoms with Gasteiger partial charge in [0.15, 0.2) is 0 Å². The summed E-state index contributed by atoms with van der Waals surface area (Å²) < 4.78 is 15.1. The molecular formula is C16H16NaO3P. The van der Waals surface area contributed by atoms with Gasteiger partial charge in [-0.05, 0) is 48.6 Å². The van der Waals surface area contributed by atoms with E-state index in [1.165, 1.54) is 0 Å². The van der Waals surface area contributed by atoms with Gasteiger partial charge in [-0.15, -0.1) is 0 Å². The second-order valence-corrected chi connectivity index (χ2v) is 5.04. The van der Waals surface area contributed by atoms with Crippen LogP contribution in [-0.2, 0) is 9.09 Å². The number of aryl methyl sites for hydroxylation is 2. The van der Waals surface area contributed by atoms with Crippen molar-refractivity contribution in [2.75, 3.05) is 0 Å². The van der Waals surface area contributed by atoms with Gasteiger partial charge >= 0.3 is 44.2 Å². The van der Waals surface area contributed by atoms with Gasteiger partial charge in [0, 0.05) is 0 Å². The minimum absolute atomic E-state index is 0. The summed E-state index contributed by atoms with van der Waals surface area (Å²) in [6, 6.07) is 11.8. The van der Waals surface area contributed by atoms with Crippen molar-refractivity contribution >= 4 is 44.2 Å². The summed E-state index contributed by atoms with van der Waals surface area (Å²) in [7, 11) is -0.627. The summed E-state index contributed by atoms with van der Waals surface area (Å²) in [4.78, 5) is 12.0. The molecule has 0 bridgehead atoms. The zero-order valence-electron chi connectivity index (χ0n) is 11.6. The van der Waals surface area contributed by atoms with Crippen LogP contribution in [0.25, 0.3) is 11.1 Å². The SMILES string of the molecule is Cc1cc(C)c(-c2ccccc2)c(C)c1C(=O)OP=O.[NaH]. The molecule has 21 heavy (non-hydrogen) atoms. The molecular weight excluding hydrogens is 294 g/mol. The summed E-state index contributed by atoms with van der Waals surface area (Å²) in [5.74, 6) is -0.561. The van der Waals surface area contributed by atoms with E-state index in [0.29, 0.717) is 5.56 Å². The van der Waals surface area contributed by atoms with Gasteiger partial charge in [0.25, 0.3) is 0 Å². The summed E-state index contributed by atoms with van der Waals surface area (Å²) in [5, 5.41) is 0. The van der Waals surface area contributed by atoms with E-state index in [9.17, 15) is 9.36 Å². The second kappa shape index (κ2) is 7.86. The number of hydrogen-bond acceptors (Lipinski definition) is 3. The van der Waals surface area contributed by atoms with Crippen molar-refractivity contribution in [1.29, 1.82) is 0 Å². The Hall–Kier alpha value is -0.990. The monoisotopic (exact) mass is 310 g/mol.